The molecular formula is C12H14O5. The smallest absolute Gasteiger partial charge is 0.339 e. The molecule has 0 radical (unpaired) electrons. The van der Waals surface area contributed by atoms with Gasteiger partial charge in [0, 0.05) is 6.92 Å². The molecule has 1 rings (SSSR count). The summed E-state index contributed by atoms with van der Waals surface area (Å²) in [4.78, 5) is 21.8. The minimum Gasteiger partial charge on any atom is -0.494 e. The maximum Gasteiger partial charge on any atom is 0.339 e. The van der Waals surface area contributed by atoms with Crippen molar-refractivity contribution in [2.75, 3.05) is 6.61 Å². The molecule has 0 aliphatic heterocycles. The van der Waals surface area contributed by atoms with Crippen molar-refractivity contribution in [1.82, 2.24) is 0 Å². The van der Waals surface area contributed by atoms with Crippen LogP contribution in [0.5, 0.6) is 11.5 Å². The second-order valence-electron chi connectivity index (χ2n) is 3.41. The van der Waals surface area contributed by atoms with Gasteiger partial charge in [0.15, 0.2) is 0 Å². The number of benzene rings is 1. The molecule has 5 heteroatoms. The number of aromatic carboxylic acids is 1. The first-order chi connectivity index (χ1) is 8.04. The highest BCUT2D eigenvalue weighted by molar-refractivity contribution is 5.92. The number of rotatable bonds is 5. The van der Waals surface area contributed by atoms with E-state index in [1.54, 1.807) is 6.07 Å². The second-order valence-corrected chi connectivity index (χ2v) is 3.41. The van der Waals surface area contributed by atoms with Gasteiger partial charge in [0.2, 0.25) is 0 Å². The van der Waals surface area contributed by atoms with Crippen molar-refractivity contribution in [2.24, 2.45) is 0 Å². The molecule has 5 nitrogen and oxygen atoms in total. The van der Waals surface area contributed by atoms with E-state index in [1.807, 2.05) is 6.92 Å². The fraction of sp³-hybridized carbons (Fsp3) is 0.333. The van der Waals surface area contributed by atoms with Crippen LogP contribution in [0.2, 0.25) is 0 Å². The molecule has 0 spiro atoms. The maximum atomic E-state index is 11.0. The summed E-state index contributed by atoms with van der Waals surface area (Å²) in [6.45, 7) is 3.67. The van der Waals surface area contributed by atoms with Crippen molar-refractivity contribution < 1.29 is 24.2 Å². The molecule has 0 aromatic heterocycles. The highest BCUT2D eigenvalue weighted by Gasteiger charge is 2.14. The molecule has 0 aliphatic carbocycles. The predicted octanol–water partition coefficient (Wildman–Crippen LogP) is 2.10. The molecule has 17 heavy (non-hydrogen) atoms. The average Bonchev–Trinajstić information content (AvgIpc) is 2.26. The third kappa shape index (κ3) is 3.79. The van der Waals surface area contributed by atoms with E-state index in [-0.39, 0.29) is 11.3 Å². The van der Waals surface area contributed by atoms with Gasteiger partial charge in [-0.1, -0.05) is 6.92 Å². The van der Waals surface area contributed by atoms with Crippen molar-refractivity contribution >= 4 is 11.9 Å². The number of carboxylic acids is 1. The quantitative estimate of drug-likeness (QED) is 0.628. The van der Waals surface area contributed by atoms with E-state index in [2.05, 4.69) is 0 Å². The van der Waals surface area contributed by atoms with E-state index in [1.165, 1.54) is 19.1 Å². The molecule has 0 amide bonds. The Hall–Kier alpha value is -2.04. The number of carbonyl (C=O) groups excluding carboxylic acids is 1. The van der Waals surface area contributed by atoms with Gasteiger partial charge in [-0.3, -0.25) is 4.79 Å². The molecule has 0 fully saturated rings. The lowest BCUT2D eigenvalue weighted by atomic mass is 10.2. The Morgan fingerprint density at radius 3 is 2.59 bits per heavy atom. The Morgan fingerprint density at radius 2 is 2.06 bits per heavy atom. The van der Waals surface area contributed by atoms with Crippen LogP contribution in [0.25, 0.3) is 0 Å². The summed E-state index contributed by atoms with van der Waals surface area (Å²) < 4.78 is 10.1. The van der Waals surface area contributed by atoms with E-state index < -0.39 is 11.9 Å². The molecule has 0 bridgehead atoms. The number of esters is 1. The standard InChI is InChI=1S/C12H14O5/c1-3-6-16-9-4-5-11(17-8(2)13)10(7-9)12(14)15/h4-5,7H,3,6H2,1-2H3,(H,14,15). The summed E-state index contributed by atoms with van der Waals surface area (Å²) in [5, 5.41) is 8.98. The highest BCUT2D eigenvalue weighted by Crippen LogP contribution is 2.24. The van der Waals surface area contributed by atoms with Gasteiger partial charge >= 0.3 is 11.9 Å². The van der Waals surface area contributed by atoms with Crippen LogP contribution in [-0.2, 0) is 4.79 Å². The van der Waals surface area contributed by atoms with Gasteiger partial charge in [0.25, 0.3) is 0 Å². The van der Waals surface area contributed by atoms with Gasteiger partial charge in [-0.25, -0.2) is 4.79 Å². The number of ether oxygens (including phenoxy) is 2. The van der Waals surface area contributed by atoms with Crippen LogP contribution in [0.15, 0.2) is 18.2 Å². The summed E-state index contributed by atoms with van der Waals surface area (Å²) >= 11 is 0. The molecule has 0 heterocycles. The van der Waals surface area contributed by atoms with Crippen LogP contribution in [0.3, 0.4) is 0 Å². The van der Waals surface area contributed by atoms with Gasteiger partial charge in [-0.2, -0.15) is 0 Å². The van der Waals surface area contributed by atoms with Crippen LogP contribution in [0.1, 0.15) is 30.6 Å². The second kappa shape index (κ2) is 5.89. The molecule has 1 aromatic carbocycles. The first-order valence-corrected chi connectivity index (χ1v) is 5.23. The Morgan fingerprint density at radius 1 is 1.35 bits per heavy atom. The number of hydrogen-bond acceptors (Lipinski definition) is 4. The van der Waals surface area contributed by atoms with E-state index in [9.17, 15) is 9.59 Å². The number of hydrogen-bond donors (Lipinski definition) is 1. The zero-order chi connectivity index (χ0) is 12.8. The number of carboxylic acid groups (broad SMARTS) is 1. The third-order valence-electron chi connectivity index (χ3n) is 1.91. The van der Waals surface area contributed by atoms with Crippen molar-refractivity contribution in [1.29, 1.82) is 0 Å². The topological polar surface area (TPSA) is 72.8 Å². The van der Waals surface area contributed by atoms with Gasteiger partial charge < -0.3 is 14.6 Å². The lowest BCUT2D eigenvalue weighted by molar-refractivity contribution is -0.131. The van der Waals surface area contributed by atoms with Gasteiger partial charge in [0.1, 0.15) is 17.1 Å². The molecule has 0 saturated heterocycles. The summed E-state index contributed by atoms with van der Waals surface area (Å²) in [5.41, 5.74) is -0.0891. The summed E-state index contributed by atoms with van der Waals surface area (Å²) in [7, 11) is 0. The fourth-order valence-electron chi connectivity index (χ4n) is 1.23. The van der Waals surface area contributed by atoms with Crippen LogP contribution >= 0.6 is 0 Å². The van der Waals surface area contributed by atoms with Crippen LogP contribution in [0.4, 0.5) is 0 Å². The van der Waals surface area contributed by atoms with E-state index in [4.69, 9.17) is 14.6 Å². The number of carbonyl (C=O) groups is 2. The summed E-state index contributed by atoms with van der Waals surface area (Å²) in [5.74, 6) is -1.26. The Kier molecular flexibility index (Phi) is 4.51. The minimum absolute atomic E-state index is 0.0221. The summed E-state index contributed by atoms with van der Waals surface area (Å²) in [6, 6.07) is 4.33. The van der Waals surface area contributed by atoms with Crippen molar-refractivity contribution in [3.8, 4) is 11.5 Å². The first-order valence-electron chi connectivity index (χ1n) is 5.23. The van der Waals surface area contributed by atoms with E-state index >= 15 is 0 Å². The van der Waals surface area contributed by atoms with Gasteiger partial charge in [0.05, 0.1) is 6.61 Å². The maximum absolute atomic E-state index is 11.0. The Bertz CT molecular complexity index is 425. The highest BCUT2D eigenvalue weighted by atomic mass is 16.5. The minimum atomic E-state index is -1.16. The van der Waals surface area contributed by atoms with Crippen LogP contribution in [0, 0.1) is 0 Å². The average molecular weight is 238 g/mol. The molecule has 0 unspecified atom stereocenters. The first kappa shape index (κ1) is 13.0. The zero-order valence-electron chi connectivity index (χ0n) is 9.73. The van der Waals surface area contributed by atoms with E-state index in [0.717, 1.165) is 6.42 Å². The van der Waals surface area contributed by atoms with Gasteiger partial charge in [-0.05, 0) is 24.6 Å². The lowest BCUT2D eigenvalue weighted by Gasteiger charge is -2.09. The molecule has 92 valence electrons. The molecular weight excluding hydrogens is 224 g/mol. The van der Waals surface area contributed by atoms with Gasteiger partial charge in [-0.15, -0.1) is 0 Å². The predicted molar refractivity (Wildman–Crippen MR) is 60.5 cm³/mol. The largest absolute Gasteiger partial charge is 0.494 e. The fourth-order valence-corrected chi connectivity index (χ4v) is 1.23. The van der Waals surface area contributed by atoms with Crippen LogP contribution < -0.4 is 9.47 Å². The molecule has 0 aliphatic rings. The van der Waals surface area contributed by atoms with Crippen molar-refractivity contribution in [3.63, 3.8) is 0 Å². The third-order valence-corrected chi connectivity index (χ3v) is 1.91. The SMILES string of the molecule is CCCOc1ccc(OC(C)=O)c(C(=O)O)c1. The summed E-state index contributed by atoms with van der Waals surface area (Å²) in [6.07, 6.45) is 0.827. The Labute approximate surface area is 99.0 Å². The normalized spacial score (nSPS) is 9.76. The zero-order valence-corrected chi connectivity index (χ0v) is 9.73. The lowest BCUT2D eigenvalue weighted by Crippen LogP contribution is -2.08. The van der Waals surface area contributed by atoms with Crippen LogP contribution in [-0.4, -0.2) is 23.7 Å². The molecule has 1 N–H and O–H groups in total. The monoisotopic (exact) mass is 238 g/mol. The van der Waals surface area contributed by atoms with E-state index in [0.29, 0.717) is 12.4 Å². The molecule has 0 atom stereocenters. The van der Waals surface area contributed by atoms with Crippen molar-refractivity contribution in [3.05, 3.63) is 23.8 Å². The van der Waals surface area contributed by atoms with Crippen molar-refractivity contribution in [2.45, 2.75) is 20.3 Å². The Balaban J connectivity index is 2.99. The molecule has 1 aromatic rings. The molecule has 0 saturated carbocycles.